The van der Waals surface area contributed by atoms with E-state index in [0.29, 0.717) is 0 Å². The van der Waals surface area contributed by atoms with Crippen molar-refractivity contribution in [3.8, 4) is 0 Å². The maximum absolute atomic E-state index is 2.29. The van der Waals surface area contributed by atoms with E-state index in [2.05, 4.69) is 76.2 Å². The second kappa shape index (κ2) is 16.3. The molecule has 0 atom stereocenters. The van der Waals surface area contributed by atoms with Gasteiger partial charge in [0.05, 0.1) is 0 Å². The van der Waals surface area contributed by atoms with E-state index in [0.717, 1.165) is 0 Å². The van der Waals surface area contributed by atoms with Crippen LogP contribution in [-0.2, 0) is 17.1 Å². The van der Waals surface area contributed by atoms with Crippen molar-refractivity contribution in [1.82, 2.24) is 0 Å². The molecule has 0 spiro atoms. The summed E-state index contributed by atoms with van der Waals surface area (Å²) < 4.78 is 0. The minimum absolute atomic E-state index is 0. The first kappa shape index (κ1) is 25.1. The molecule has 0 amide bonds. The summed E-state index contributed by atoms with van der Waals surface area (Å²) in [5.74, 6) is 0. The molecule has 0 radical (unpaired) electrons. The van der Waals surface area contributed by atoms with Crippen LogP contribution >= 0.6 is 15.8 Å². The Balaban J connectivity index is 0.000000443. The Kier molecular flexibility index (Phi) is 16.3. The molecule has 0 unspecified atom stereocenters. The second-order valence-electron chi connectivity index (χ2n) is 6.26. The molecule has 0 saturated heterocycles. The SMILES string of the molecule is CCCP(CCC)[c-]1[cH-][cH-][cH-][cH-]1.CCCP(CCC)[c-]1cccc1.[Fe]. The van der Waals surface area contributed by atoms with Gasteiger partial charge in [-0.05, 0) is 12.3 Å². The van der Waals surface area contributed by atoms with Crippen molar-refractivity contribution in [3.05, 3.63) is 48.5 Å². The molecule has 0 aliphatic carbocycles. The van der Waals surface area contributed by atoms with E-state index in [4.69, 9.17) is 0 Å². The van der Waals surface area contributed by atoms with Gasteiger partial charge in [0, 0.05) is 17.1 Å². The average molecular weight is 418 g/mol. The quantitative estimate of drug-likeness (QED) is 0.230. The van der Waals surface area contributed by atoms with Crippen LogP contribution < -0.4 is 10.6 Å². The van der Waals surface area contributed by atoms with Crippen LogP contribution in [0.2, 0.25) is 0 Å². The Hall–Kier alpha value is 0.0795. The first-order valence-corrected chi connectivity index (χ1v) is 13.1. The maximum atomic E-state index is 2.29. The van der Waals surface area contributed by atoms with Crippen molar-refractivity contribution in [2.45, 2.75) is 53.4 Å². The Morgan fingerprint density at radius 2 is 1.08 bits per heavy atom. The van der Waals surface area contributed by atoms with Crippen LogP contribution in [0.15, 0.2) is 48.5 Å². The second-order valence-corrected chi connectivity index (χ2v) is 11.2. The number of hydrogen-bond donors (Lipinski definition) is 0. The predicted octanol–water partition coefficient (Wildman–Crippen LogP) is 6.66. The standard InChI is InChI=1S/2C11H18P.Fe/c2*1-3-9-12(10-4-2)11-7-5-6-8-11;/h2*5-8H,3-4,9-10H2,1-2H3;/q-5;-1;. The summed E-state index contributed by atoms with van der Waals surface area (Å²) in [6.45, 7) is 9.14. The molecule has 148 valence electrons. The van der Waals surface area contributed by atoms with Gasteiger partial charge in [0.2, 0.25) is 0 Å². The number of rotatable bonds is 10. The monoisotopic (exact) mass is 418 g/mol. The summed E-state index contributed by atoms with van der Waals surface area (Å²) in [6, 6.07) is 17.8. The third-order valence-corrected chi connectivity index (χ3v) is 10.00. The molecule has 3 heteroatoms. The maximum Gasteiger partial charge on any atom is 0 e. The molecule has 0 N–H and O–H groups in total. The van der Waals surface area contributed by atoms with Crippen molar-refractivity contribution >= 4 is 26.5 Å². The summed E-state index contributed by atoms with van der Waals surface area (Å²) >= 11 is 0. The van der Waals surface area contributed by atoms with E-state index in [1.807, 2.05) is 0 Å². The Morgan fingerprint density at radius 1 is 0.680 bits per heavy atom. The summed E-state index contributed by atoms with van der Waals surface area (Å²) in [5, 5.41) is 3.21. The Morgan fingerprint density at radius 3 is 1.48 bits per heavy atom. The summed E-state index contributed by atoms with van der Waals surface area (Å²) in [7, 11) is 0.362. The molecule has 2 aromatic carbocycles. The first-order valence-electron chi connectivity index (χ1n) is 9.70. The van der Waals surface area contributed by atoms with Crippen LogP contribution in [0.3, 0.4) is 0 Å². The van der Waals surface area contributed by atoms with E-state index in [-0.39, 0.29) is 32.9 Å². The number of hydrogen-bond acceptors (Lipinski definition) is 0. The van der Waals surface area contributed by atoms with Gasteiger partial charge >= 0.3 is 0 Å². The zero-order valence-electron chi connectivity index (χ0n) is 16.5. The molecule has 0 aliphatic rings. The van der Waals surface area contributed by atoms with Gasteiger partial charge in [0.15, 0.2) is 0 Å². The fourth-order valence-electron chi connectivity index (χ4n) is 2.97. The van der Waals surface area contributed by atoms with Crippen molar-refractivity contribution in [1.29, 1.82) is 0 Å². The van der Waals surface area contributed by atoms with Crippen molar-refractivity contribution in [2.75, 3.05) is 24.6 Å². The smallest absolute Gasteiger partial charge is 0 e. The van der Waals surface area contributed by atoms with Crippen LogP contribution in [0.5, 0.6) is 0 Å². The van der Waals surface area contributed by atoms with Gasteiger partial charge in [0.25, 0.3) is 0 Å². The fourth-order valence-corrected chi connectivity index (χ4v) is 7.80. The summed E-state index contributed by atoms with van der Waals surface area (Å²) in [4.78, 5) is 0. The van der Waals surface area contributed by atoms with Crippen LogP contribution in [0.4, 0.5) is 0 Å². The molecule has 0 aromatic heterocycles. The van der Waals surface area contributed by atoms with E-state index in [1.165, 1.54) is 50.3 Å². The molecule has 2 aromatic rings. The van der Waals surface area contributed by atoms with Gasteiger partial charge in [-0.25, -0.2) is 12.1 Å². The van der Waals surface area contributed by atoms with Crippen LogP contribution in [-0.4, -0.2) is 24.6 Å². The van der Waals surface area contributed by atoms with Gasteiger partial charge in [-0.1, -0.05) is 65.7 Å². The topological polar surface area (TPSA) is 0 Å². The van der Waals surface area contributed by atoms with Crippen molar-refractivity contribution in [3.63, 3.8) is 0 Å². The van der Waals surface area contributed by atoms with E-state index >= 15 is 0 Å². The minimum atomic E-state index is 0. The van der Waals surface area contributed by atoms with Gasteiger partial charge in [0.1, 0.15) is 0 Å². The molecule has 25 heavy (non-hydrogen) atoms. The molecule has 0 heterocycles. The van der Waals surface area contributed by atoms with E-state index in [1.54, 1.807) is 10.6 Å². The van der Waals surface area contributed by atoms with Crippen LogP contribution in [0.25, 0.3) is 0 Å². The van der Waals surface area contributed by atoms with Crippen LogP contribution in [0.1, 0.15) is 53.4 Å². The molecule has 0 aliphatic heterocycles. The van der Waals surface area contributed by atoms with Crippen molar-refractivity contribution < 1.29 is 17.1 Å². The molecule has 2 rings (SSSR count). The molecule has 0 nitrogen and oxygen atoms in total. The normalized spacial score (nSPS) is 10.5. The molecule has 0 fully saturated rings. The summed E-state index contributed by atoms with van der Waals surface area (Å²) in [5.41, 5.74) is 0. The van der Waals surface area contributed by atoms with Gasteiger partial charge in [-0.15, -0.1) is 13.2 Å². The molecule has 0 bridgehead atoms. The van der Waals surface area contributed by atoms with E-state index < -0.39 is 0 Å². The van der Waals surface area contributed by atoms with Crippen molar-refractivity contribution in [2.24, 2.45) is 0 Å². The largest absolute Gasteiger partial charge is 0.747 e. The minimum Gasteiger partial charge on any atom is -0.747 e. The first-order chi connectivity index (χ1) is 11.8. The predicted molar refractivity (Wildman–Crippen MR) is 118 cm³/mol. The fraction of sp³-hybridized carbons (Fsp3) is 0.545. The molecular weight excluding hydrogens is 382 g/mol. The molecular formula is C22H36FeP2-6. The third kappa shape index (κ3) is 10.1. The Bertz CT molecular complexity index is 418. The average Bonchev–Trinajstić information content (AvgIpc) is 3.29. The van der Waals surface area contributed by atoms with Gasteiger partial charge in [-0.2, -0.15) is 12.1 Å². The van der Waals surface area contributed by atoms with Crippen LogP contribution in [0, 0.1) is 0 Å². The zero-order chi connectivity index (χ0) is 17.6. The summed E-state index contributed by atoms with van der Waals surface area (Å²) in [6.07, 6.45) is 11.0. The molecule has 0 saturated carbocycles. The zero-order valence-corrected chi connectivity index (χ0v) is 19.4. The van der Waals surface area contributed by atoms with Gasteiger partial charge < -0.3 is 37.5 Å². The van der Waals surface area contributed by atoms with E-state index in [9.17, 15) is 0 Å². The van der Waals surface area contributed by atoms with Gasteiger partial charge in [-0.3, -0.25) is 0 Å². The third-order valence-electron chi connectivity index (χ3n) is 3.99. The Labute approximate surface area is 169 Å².